The number of piperidine rings is 1. The zero-order valence-corrected chi connectivity index (χ0v) is 14.0. The van der Waals surface area contributed by atoms with E-state index in [-0.39, 0.29) is 11.9 Å². The first-order chi connectivity index (χ1) is 9.89. The van der Waals surface area contributed by atoms with E-state index in [9.17, 15) is 9.90 Å². The Morgan fingerprint density at radius 1 is 1.24 bits per heavy atom. The number of carbonyl (C=O) groups is 1. The van der Waals surface area contributed by atoms with Crippen LogP contribution in [0.15, 0.2) is 0 Å². The lowest BCUT2D eigenvalue weighted by molar-refractivity contribution is -0.138. The van der Waals surface area contributed by atoms with Gasteiger partial charge in [-0.2, -0.15) is 0 Å². The third-order valence-corrected chi connectivity index (χ3v) is 5.10. The van der Waals surface area contributed by atoms with Crippen LogP contribution >= 0.6 is 0 Å². The van der Waals surface area contributed by atoms with Crippen LogP contribution in [0.5, 0.6) is 0 Å². The Hall–Kier alpha value is -0.610. The highest BCUT2D eigenvalue weighted by molar-refractivity contribution is 5.79. The molecule has 1 aliphatic carbocycles. The molecular formula is C17H32N2O2. The fourth-order valence-electron chi connectivity index (χ4n) is 3.74. The van der Waals surface area contributed by atoms with Crippen LogP contribution in [0.1, 0.15) is 65.7 Å². The number of amides is 1. The lowest BCUT2D eigenvalue weighted by Crippen LogP contribution is -2.52. The van der Waals surface area contributed by atoms with Gasteiger partial charge in [0.05, 0.1) is 12.1 Å². The molecule has 2 aliphatic rings. The number of nitrogens with zero attached hydrogens (tertiary/aromatic N) is 2. The van der Waals surface area contributed by atoms with Crippen LogP contribution in [0.3, 0.4) is 0 Å². The van der Waals surface area contributed by atoms with Gasteiger partial charge < -0.3 is 10.0 Å². The zero-order chi connectivity index (χ0) is 15.5. The third-order valence-electron chi connectivity index (χ3n) is 5.10. The van der Waals surface area contributed by atoms with E-state index in [4.69, 9.17) is 0 Å². The minimum Gasteiger partial charge on any atom is -0.390 e. The van der Waals surface area contributed by atoms with Crippen molar-refractivity contribution in [1.82, 2.24) is 9.80 Å². The van der Waals surface area contributed by atoms with Crippen molar-refractivity contribution >= 4 is 5.91 Å². The summed E-state index contributed by atoms with van der Waals surface area (Å²) >= 11 is 0. The molecule has 0 unspecified atom stereocenters. The van der Waals surface area contributed by atoms with Crippen LogP contribution < -0.4 is 0 Å². The van der Waals surface area contributed by atoms with Crippen molar-refractivity contribution in [3.63, 3.8) is 0 Å². The van der Waals surface area contributed by atoms with Crippen LogP contribution in [-0.2, 0) is 4.79 Å². The third kappa shape index (κ3) is 4.68. The minimum atomic E-state index is -0.541. The van der Waals surface area contributed by atoms with E-state index in [1.165, 1.54) is 32.1 Å². The standard InChI is InChI=1S/C17H32N2O2/c1-14(2)19(15-7-5-4-6-8-15)16(20)13-18-11-9-17(3,21)10-12-18/h14-15,21H,4-13H2,1-3H3. The highest BCUT2D eigenvalue weighted by atomic mass is 16.3. The summed E-state index contributed by atoms with van der Waals surface area (Å²) in [5.41, 5.74) is -0.541. The maximum atomic E-state index is 12.7. The van der Waals surface area contributed by atoms with E-state index in [1.807, 2.05) is 6.92 Å². The quantitative estimate of drug-likeness (QED) is 0.866. The first-order valence-electron chi connectivity index (χ1n) is 8.65. The molecule has 2 rings (SSSR count). The molecule has 4 heteroatoms. The smallest absolute Gasteiger partial charge is 0.237 e. The Bertz CT molecular complexity index is 339. The Labute approximate surface area is 129 Å². The predicted molar refractivity (Wildman–Crippen MR) is 85.2 cm³/mol. The predicted octanol–water partition coefficient (Wildman–Crippen LogP) is 2.40. The van der Waals surface area contributed by atoms with Crippen molar-refractivity contribution in [2.75, 3.05) is 19.6 Å². The molecule has 1 saturated heterocycles. The molecule has 1 amide bonds. The number of carbonyl (C=O) groups excluding carboxylic acids is 1. The van der Waals surface area contributed by atoms with Crippen molar-refractivity contribution < 1.29 is 9.90 Å². The van der Waals surface area contributed by atoms with E-state index < -0.39 is 5.60 Å². The molecule has 0 spiro atoms. The van der Waals surface area contributed by atoms with Crippen molar-refractivity contribution in [3.05, 3.63) is 0 Å². The highest BCUT2D eigenvalue weighted by Crippen LogP contribution is 2.25. The topological polar surface area (TPSA) is 43.8 Å². The first kappa shape index (κ1) is 16.8. The van der Waals surface area contributed by atoms with Gasteiger partial charge in [-0.1, -0.05) is 19.3 Å². The molecule has 0 aromatic carbocycles. The van der Waals surface area contributed by atoms with Gasteiger partial charge in [-0.3, -0.25) is 9.69 Å². The van der Waals surface area contributed by atoms with Gasteiger partial charge in [0, 0.05) is 25.2 Å². The summed E-state index contributed by atoms with van der Waals surface area (Å²) in [7, 11) is 0. The van der Waals surface area contributed by atoms with Gasteiger partial charge in [0.1, 0.15) is 0 Å². The van der Waals surface area contributed by atoms with E-state index >= 15 is 0 Å². The molecule has 1 heterocycles. The number of rotatable bonds is 4. The van der Waals surface area contributed by atoms with E-state index in [2.05, 4.69) is 23.6 Å². The van der Waals surface area contributed by atoms with Gasteiger partial charge in [0.15, 0.2) is 0 Å². The maximum Gasteiger partial charge on any atom is 0.237 e. The number of likely N-dealkylation sites (tertiary alicyclic amines) is 1. The molecule has 1 aliphatic heterocycles. The molecule has 0 aromatic rings. The second kappa shape index (κ2) is 7.10. The van der Waals surface area contributed by atoms with Gasteiger partial charge in [-0.15, -0.1) is 0 Å². The zero-order valence-electron chi connectivity index (χ0n) is 14.0. The van der Waals surface area contributed by atoms with Crippen LogP contribution in [0.4, 0.5) is 0 Å². The van der Waals surface area contributed by atoms with Crippen LogP contribution in [0.25, 0.3) is 0 Å². The number of hydrogen-bond donors (Lipinski definition) is 1. The first-order valence-corrected chi connectivity index (χ1v) is 8.65. The summed E-state index contributed by atoms with van der Waals surface area (Å²) in [4.78, 5) is 17.1. The summed E-state index contributed by atoms with van der Waals surface area (Å²) in [6.07, 6.45) is 7.70. The fraction of sp³-hybridized carbons (Fsp3) is 0.941. The molecule has 1 saturated carbocycles. The second-order valence-corrected chi connectivity index (χ2v) is 7.46. The maximum absolute atomic E-state index is 12.7. The van der Waals surface area contributed by atoms with Crippen LogP contribution in [-0.4, -0.2) is 58.1 Å². The summed E-state index contributed by atoms with van der Waals surface area (Å²) in [6, 6.07) is 0.729. The van der Waals surface area contributed by atoms with Crippen molar-refractivity contribution in [2.45, 2.75) is 83.4 Å². The van der Waals surface area contributed by atoms with Crippen molar-refractivity contribution in [3.8, 4) is 0 Å². The Kier molecular flexibility index (Phi) is 5.67. The molecule has 4 nitrogen and oxygen atoms in total. The lowest BCUT2D eigenvalue weighted by Gasteiger charge is -2.40. The summed E-state index contributed by atoms with van der Waals surface area (Å²) < 4.78 is 0. The molecule has 0 bridgehead atoms. The van der Waals surface area contributed by atoms with Gasteiger partial charge >= 0.3 is 0 Å². The largest absolute Gasteiger partial charge is 0.390 e. The Morgan fingerprint density at radius 3 is 2.33 bits per heavy atom. The van der Waals surface area contributed by atoms with Gasteiger partial charge in [0.25, 0.3) is 0 Å². The summed E-state index contributed by atoms with van der Waals surface area (Å²) in [5, 5.41) is 10.0. The molecular weight excluding hydrogens is 264 g/mol. The SMILES string of the molecule is CC(C)N(C(=O)CN1CCC(C)(O)CC1)C1CCCCC1. The molecule has 1 N–H and O–H groups in total. The van der Waals surface area contributed by atoms with Gasteiger partial charge in [0.2, 0.25) is 5.91 Å². The monoisotopic (exact) mass is 296 g/mol. The highest BCUT2D eigenvalue weighted by Gasteiger charge is 2.31. The van der Waals surface area contributed by atoms with Crippen LogP contribution in [0.2, 0.25) is 0 Å². The molecule has 0 radical (unpaired) electrons. The fourth-order valence-corrected chi connectivity index (χ4v) is 3.74. The summed E-state index contributed by atoms with van der Waals surface area (Å²) in [5.74, 6) is 0.276. The number of hydrogen-bond acceptors (Lipinski definition) is 3. The van der Waals surface area contributed by atoms with Crippen molar-refractivity contribution in [1.29, 1.82) is 0 Å². The molecule has 0 aromatic heterocycles. The van der Waals surface area contributed by atoms with E-state index in [1.54, 1.807) is 0 Å². The Balaban J connectivity index is 1.90. The Morgan fingerprint density at radius 2 is 1.81 bits per heavy atom. The minimum absolute atomic E-state index is 0.276. The average Bonchev–Trinajstić information content (AvgIpc) is 2.42. The summed E-state index contributed by atoms with van der Waals surface area (Å²) in [6.45, 7) is 8.34. The van der Waals surface area contributed by atoms with E-state index in [0.29, 0.717) is 12.6 Å². The molecule has 122 valence electrons. The molecule has 0 atom stereocenters. The lowest BCUT2D eigenvalue weighted by atomic mass is 9.92. The van der Waals surface area contributed by atoms with Gasteiger partial charge in [-0.25, -0.2) is 0 Å². The number of aliphatic hydroxyl groups is 1. The molecule has 2 fully saturated rings. The van der Waals surface area contributed by atoms with Crippen molar-refractivity contribution in [2.24, 2.45) is 0 Å². The average molecular weight is 296 g/mol. The van der Waals surface area contributed by atoms with Crippen LogP contribution in [0, 0.1) is 0 Å². The molecule has 21 heavy (non-hydrogen) atoms. The second-order valence-electron chi connectivity index (χ2n) is 7.46. The van der Waals surface area contributed by atoms with Gasteiger partial charge in [-0.05, 0) is 46.5 Å². The van der Waals surface area contributed by atoms with E-state index in [0.717, 1.165) is 25.9 Å². The normalized spacial score (nSPS) is 24.2.